The highest BCUT2D eigenvalue weighted by Crippen LogP contribution is 2.26. The Bertz CT molecular complexity index is 555. The summed E-state index contributed by atoms with van der Waals surface area (Å²) in [4.78, 5) is 22.7. The van der Waals surface area contributed by atoms with Gasteiger partial charge in [0.2, 0.25) is 0 Å². The lowest BCUT2D eigenvalue weighted by molar-refractivity contribution is -0.141. The van der Waals surface area contributed by atoms with Crippen LogP contribution in [0.15, 0.2) is 11.8 Å². The van der Waals surface area contributed by atoms with Crippen molar-refractivity contribution in [3.63, 3.8) is 0 Å². The normalized spacial score (nSPS) is 20.5. The van der Waals surface area contributed by atoms with E-state index < -0.39 is 0 Å². The number of thioether (sulfide) groups is 1. The molecule has 1 fully saturated rings. The summed E-state index contributed by atoms with van der Waals surface area (Å²) < 4.78 is 6.12. The maximum Gasteiger partial charge on any atom is 0.327 e. The molecular formula is C13H18N4O3S. The molecule has 1 aromatic rings. The van der Waals surface area contributed by atoms with Crippen molar-refractivity contribution in [3.05, 3.63) is 17.5 Å². The van der Waals surface area contributed by atoms with E-state index in [4.69, 9.17) is 0 Å². The SMILES string of the molecule is COC(=O)Cn1nncc1/C=C1\CNCCC1SC(C)=O. The molecule has 1 N–H and O–H groups in total. The Morgan fingerprint density at radius 3 is 3.14 bits per heavy atom. The molecule has 1 aliphatic heterocycles. The second-order valence-corrected chi connectivity index (χ2v) is 6.06. The van der Waals surface area contributed by atoms with Gasteiger partial charge in [0.25, 0.3) is 0 Å². The lowest BCUT2D eigenvalue weighted by Crippen LogP contribution is -2.32. The molecule has 2 heterocycles. The fourth-order valence-electron chi connectivity index (χ4n) is 2.12. The van der Waals surface area contributed by atoms with Gasteiger partial charge in [-0.25, -0.2) is 4.68 Å². The highest BCUT2D eigenvalue weighted by Gasteiger charge is 2.21. The van der Waals surface area contributed by atoms with Crippen molar-refractivity contribution in [2.75, 3.05) is 20.2 Å². The predicted octanol–water partition coefficient (Wildman–Crippen LogP) is 0.476. The first-order chi connectivity index (χ1) is 10.1. The smallest absolute Gasteiger partial charge is 0.327 e. The van der Waals surface area contributed by atoms with E-state index in [0.29, 0.717) is 6.54 Å². The monoisotopic (exact) mass is 310 g/mol. The van der Waals surface area contributed by atoms with Crippen molar-refractivity contribution in [2.45, 2.75) is 25.1 Å². The number of rotatable bonds is 4. The van der Waals surface area contributed by atoms with E-state index in [1.165, 1.54) is 23.6 Å². The molecule has 0 aromatic carbocycles. The molecule has 0 aliphatic carbocycles. The molecule has 114 valence electrons. The molecule has 0 amide bonds. The van der Waals surface area contributed by atoms with E-state index in [1.54, 1.807) is 13.1 Å². The lowest BCUT2D eigenvalue weighted by Gasteiger charge is -2.24. The van der Waals surface area contributed by atoms with Gasteiger partial charge in [-0.05, 0) is 24.6 Å². The van der Waals surface area contributed by atoms with Crippen molar-refractivity contribution in [1.29, 1.82) is 0 Å². The van der Waals surface area contributed by atoms with Crippen LogP contribution in [0.1, 0.15) is 19.0 Å². The molecule has 1 saturated heterocycles. The van der Waals surface area contributed by atoms with Gasteiger partial charge in [-0.15, -0.1) is 5.10 Å². The third kappa shape index (κ3) is 4.40. The van der Waals surface area contributed by atoms with E-state index in [0.717, 1.165) is 24.2 Å². The molecule has 1 atom stereocenters. The molecule has 0 radical (unpaired) electrons. The second kappa shape index (κ2) is 7.37. The number of piperidine rings is 1. The average Bonchev–Trinajstić information content (AvgIpc) is 2.87. The van der Waals surface area contributed by atoms with Crippen LogP contribution in [0.3, 0.4) is 0 Å². The molecule has 21 heavy (non-hydrogen) atoms. The minimum Gasteiger partial charge on any atom is -0.468 e. The number of carbonyl (C=O) groups is 2. The second-order valence-electron chi connectivity index (χ2n) is 4.68. The average molecular weight is 310 g/mol. The Balaban J connectivity index is 2.18. The Labute approximate surface area is 127 Å². The molecule has 0 saturated carbocycles. The van der Waals surface area contributed by atoms with Gasteiger partial charge in [0.05, 0.1) is 19.0 Å². The van der Waals surface area contributed by atoms with Crippen LogP contribution in [0.25, 0.3) is 6.08 Å². The fraction of sp³-hybridized carbons (Fsp3) is 0.538. The number of esters is 1. The van der Waals surface area contributed by atoms with Crippen LogP contribution in [0.5, 0.6) is 0 Å². The van der Waals surface area contributed by atoms with Crippen LogP contribution in [0.2, 0.25) is 0 Å². The first kappa shape index (κ1) is 15.7. The number of nitrogens with one attached hydrogen (secondary N) is 1. The predicted molar refractivity (Wildman–Crippen MR) is 79.6 cm³/mol. The van der Waals surface area contributed by atoms with Gasteiger partial charge in [-0.3, -0.25) is 9.59 Å². The Hall–Kier alpha value is -1.67. The van der Waals surface area contributed by atoms with Crippen LogP contribution in [0.4, 0.5) is 0 Å². The molecule has 1 unspecified atom stereocenters. The van der Waals surface area contributed by atoms with E-state index >= 15 is 0 Å². The van der Waals surface area contributed by atoms with Gasteiger partial charge in [0, 0.05) is 18.7 Å². The molecule has 0 bridgehead atoms. The highest BCUT2D eigenvalue weighted by atomic mass is 32.2. The number of nitrogens with zero attached hydrogens (tertiary/aromatic N) is 3. The Kier molecular flexibility index (Phi) is 5.51. The Morgan fingerprint density at radius 1 is 1.62 bits per heavy atom. The minimum absolute atomic E-state index is 0.0214. The first-order valence-corrected chi connectivity index (χ1v) is 7.52. The summed E-state index contributed by atoms with van der Waals surface area (Å²) in [6.45, 7) is 3.21. The summed E-state index contributed by atoms with van der Waals surface area (Å²) in [6.07, 6.45) is 4.43. The number of carbonyl (C=O) groups excluding carboxylic acids is 2. The molecule has 2 rings (SSSR count). The lowest BCUT2D eigenvalue weighted by atomic mass is 10.0. The summed E-state index contributed by atoms with van der Waals surface area (Å²) in [5.74, 6) is -0.378. The number of methoxy groups -OCH3 is 1. The van der Waals surface area contributed by atoms with Gasteiger partial charge in [0.15, 0.2) is 5.12 Å². The number of ether oxygens (including phenoxy) is 1. The van der Waals surface area contributed by atoms with Crippen LogP contribution in [-0.2, 0) is 20.9 Å². The fourth-order valence-corrected chi connectivity index (χ4v) is 3.06. The van der Waals surface area contributed by atoms with Gasteiger partial charge in [-0.2, -0.15) is 0 Å². The maximum atomic E-state index is 11.3. The molecule has 8 heteroatoms. The Morgan fingerprint density at radius 2 is 2.43 bits per heavy atom. The quantitative estimate of drug-likeness (QED) is 0.809. The van der Waals surface area contributed by atoms with Crippen LogP contribution in [0, 0.1) is 0 Å². The van der Waals surface area contributed by atoms with Crippen molar-refractivity contribution in [3.8, 4) is 0 Å². The minimum atomic E-state index is -0.378. The number of hydrogen-bond donors (Lipinski definition) is 1. The van der Waals surface area contributed by atoms with Gasteiger partial charge in [0.1, 0.15) is 6.54 Å². The maximum absolute atomic E-state index is 11.3. The largest absolute Gasteiger partial charge is 0.468 e. The van der Waals surface area contributed by atoms with Crippen molar-refractivity contribution in [2.24, 2.45) is 0 Å². The van der Waals surface area contributed by atoms with Gasteiger partial charge >= 0.3 is 5.97 Å². The first-order valence-electron chi connectivity index (χ1n) is 6.64. The summed E-state index contributed by atoms with van der Waals surface area (Å²) in [7, 11) is 1.34. The molecule has 0 spiro atoms. The zero-order chi connectivity index (χ0) is 15.2. The summed E-state index contributed by atoms with van der Waals surface area (Å²) >= 11 is 1.34. The van der Waals surface area contributed by atoms with E-state index in [2.05, 4.69) is 20.4 Å². The van der Waals surface area contributed by atoms with Crippen molar-refractivity contribution < 1.29 is 14.3 Å². The zero-order valence-corrected chi connectivity index (χ0v) is 12.9. The van der Waals surface area contributed by atoms with E-state index in [-0.39, 0.29) is 22.9 Å². The van der Waals surface area contributed by atoms with Crippen LogP contribution < -0.4 is 5.32 Å². The van der Waals surface area contributed by atoms with Crippen LogP contribution in [-0.4, -0.2) is 51.5 Å². The third-order valence-corrected chi connectivity index (χ3v) is 4.28. The van der Waals surface area contributed by atoms with Gasteiger partial charge in [-0.1, -0.05) is 17.0 Å². The molecule has 7 nitrogen and oxygen atoms in total. The highest BCUT2D eigenvalue weighted by molar-refractivity contribution is 8.14. The summed E-state index contributed by atoms with van der Waals surface area (Å²) in [6, 6.07) is 0. The van der Waals surface area contributed by atoms with Gasteiger partial charge < -0.3 is 10.1 Å². The van der Waals surface area contributed by atoms with Crippen LogP contribution >= 0.6 is 11.8 Å². The summed E-state index contributed by atoms with van der Waals surface area (Å²) in [5.41, 5.74) is 1.84. The standard InChI is InChI=1S/C13H18N4O3S/c1-9(18)21-12-3-4-14-6-10(12)5-11-7-15-16-17(11)8-13(19)20-2/h5,7,12,14H,3-4,6,8H2,1-2H3/b10-5+. The van der Waals surface area contributed by atoms with Crippen molar-refractivity contribution >= 4 is 28.9 Å². The molecule has 1 aromatic heterocycles. The topological polar surface area (TPSA) is 86.1 Å². The van der Waals surface area contributed by atoms with E-state index in [9.17, 15) is 9.59 Å². The summed E-state index contributed by atoms with van der Waals surface area (Å²) in [5, 5.41) is 11.3. The molecule has 1 aliphatic rings. The zero-order valence-electron chi connectivity index (χ0n) is 12.0. The number of aromatic nitrogens is 3. The van der Waals surface area contributed by atoms with Crippen molar-refractivity contribution in [1.82, 2.24) is 20.3 Å². The van der Waals surface area contributed by atoms with E-state index in [1.807, 2.05) is 6.08 Å². The molecular weight excluding hydrogens is 292 g/mol. The third-order valence-electron chi connectivity index (χ3n) is 3.12. The number of hydrogen-bond acceptors (Lipinski definition) is 7.